The van der Waals surface area contributed by atoms with E-state index >= 15 is 0 Å². The fourth-order valence-electron chi connectivity index (χ4n) is 2.22. The molecule has 0 aliphatic carbocycles. The number of carbonyl (C=O) groups excluding carboxylic acids is 1. The molecule has 1 aromatic heterocycles. The maximum absolute atomic E-state index is 12.1. The van der Waals surface area contributed by atoms with Crippen LogP contribution in [0.3, 0.4) is 0 Å². The second-order valence-corrected chi connectivity index (χ2v) is 8.28. The predicted octanol–water partition coefficient (Wildman–Crippen LogP) is 0.734. The Morgan fingerprint density at radius 2 is 2.00 bits per heavy atom. The highest BCUT2D eigenvalue weighted by Crippen LogP contribution is 2.19. The number of nitrogens with one attached hydrogen (secondary N) is 1. The molecule has 1 aliphatic heterocycles. The molecule has 0 spiro atoms. The molecule has 10 heteroatoms. The molecular weight excluding hydrogens is 314 g/mol. The van der Waals surface area contributed by atoms with E-state index in [1.54, 1.807) is 11.9 Å². The van der Waals surface area contributed by atoms with Gasteiger partial charge in [-0.25, -0.2) is 17.5 Å². The molecule has 1 fully saturated rings. The molecule has 0 saturated carbocycles. The maximum Gasteiger partial charge on any atom is 0.323 e. The number of urea groups is 1. The summed E-state index contributed by atoms with van der Waals surface area (Å²) in [6.45, 7) is 2.86. The number of nitrogens with zero attached hydrogens (tertiary/aromatic N) is 4. The van der Waals surface area contributed by atoms with Crippen molar-refractivity contribution in [3.8, 4) is 0 Å². The number of piperidine rings is 1. The summed E-state index contributed by atoms with van der Waals surface area (Å²) in [7, 11) is -1.61. The summed E-state index contributed by atoms with van der Waals surface area (Å²) in [6, 6.07) is -0.264. The Morgan fingerprint density at radius 1 is 1.38 bits per heavy atom. The smallest absolute Gasteiger partial charge is 0.323 e. The van der Waals surface area contributed by atoms with Crippen molar-refractivity contribution >= 4 is 32.5 Å². The molecular formula is C11H19N5O3S2. The third-order valence-corrected chi connectivity index (χ3v) is 5.63. The van der Waals surface area contributed by atoms with E-state index in [1.807, 2.05) is 6.92 Å². The van der Waals surface area contributed by atoms with Gasteiger partial charge in [-0.3, -0.25) is 5.32 Å². The maximum atomic E-state index is 12.1. The minimum Gasteiger partial charge on any atom is -0.324 e. The zero-order valence-electron chi connectivity index (χ0n) is 12.2. The number of rotatable bonds is 3. The molecule has 0 aromatic carbocycles. The van der Waals surface area contributed by atoms with Gasteiger partial charge in [0, 0.05) is 26.2 Å². The van der Waals surface area contributed by atoms with Gasteiger partial charge in [-0.05, 0) is 19.8 Å². The molecule has 0 atom stereocenters. The molecule has 0 bridgehead atoms. The summed E-state index contributed by atoms with van der Waals surface area (Å²) in [6.07, 6.45) is 2.46. The van der Waals surface area contributed by atoms with Gasteiger partial charge in [-0.15, -0.1) is 10.2 Å². The fourth-order valence-corrected chi connectivity index (χ4v) is 3.55. The molecule has 1 aliphatic rings. The molecule has 2 heterocycles. The minimum atomic E-state index is -3.19. The quantitative estimate of drug-likeness (QED) is 0.880. The lowest BCUT2D eigenvalue weighted by Gasteiger charge is -2.35. The standard InChI is InChI=1S/C11H19N5O3S2/c1-8-13-14-10(20-8)12-11(17)16-6-4-9(5-7-16)15(2)21(3,18)19/h9H,4-7H2,1-3H3,(H,12,14,17). The van der Waals surface area contributed by atoms with Crippen LogP contribution in [-0.4, -0.2) is 66.3 Å². The van der Waals surface area contributed by atoms with Crippen LogP contribution in [0.5, 0.6) is 0 Å². The van der Waals surface area contributed by atoms with Crippen LogP contribution in [-0.2, 0) is 10.0 Å². The van der Waals surface area contributed by atoms with E-state index in [0.717, 1.165) is 5.01 Å². The Labute approximate surface area is 128 Å². The summed E-state index contributed by atoms with van der Waals surface area (Å²) in [5, 5.41) is 11.7. The van der Waals surface area contributed by atoms with Crippen molar-refractivity contribution in [2.45, 2.75) is 25.8 Å². The summed E-state index contributed by atoms with van der Waals surface area (Å²) < 4.78 is 24.4. The van der Waals surface area contributed by atoms with Crippen LogP contribution < -0.4 is 5.32 Å². The van der Waals surface area contributed by atoms with Gasteiger partial charge >= 0.3 is 6.03 Å². The van der Waals surface area contributed by atoms with Gasteiger partial charge in [-0.1, -0.05) is 11.3 Å². The van der Waals surface area contributed by atoms with Gasteiger partial charge in [0.05, 0.1) is 6.26 Å². The number of aromatic nitrogens is 2. The lowest BCUT2D eigenvalue weighted by molar-refractivity contribution is 0.175. The second-order valence-electron chi connectivity index (χ2n) is 5.05. The molecule has 1 N–H and O–H groups in total. The highest BCUT2D eigenvalue weighted by Gasteiger charge is 2.29. The van der Waals surface area contributed by atoms with Gasteiger partial charge in [0.25, 0.3) is 0 Å². The molecule has 8 nitrogen and oxygen atoms in total. The molecule has 21 heavy (non-hydrogen) atoms. The number of anilines is 1. The average Bonchev–Trinajstić information content (AvgIpc) is 2.82. The first-order valence-electron chi connectivity index (χ1n) is 6.56. The topological polar surface area (TPSA) is 95.5 Å². The van der Waals surface area contributed by atoms with E-state index in [-0.39, 0.29) is 12.1 Å². The lowest BCUT2D eigenvalue weighted by atomic mass is 10.1. The molecule has 0 unspecified atom stereocenters. The normalized spacial score (nSPS) is 17.2. The third-order valence-electron chi connectivity index (χ3n) is 3.53. The predicted molar refractivity (Wildman–Crippen MR) is 80.9 cm³/mol. The zero-order valence-corrected chi connectivity index (χ0v) is 13.9. The van der Waals surface area contributed by atoms with Crippen LogP contribution in [0.1, 0.15) is 17.8 Å². The van der Waals surface area contributed by atoms with E-state index in [1.165, 1.54) is 21.9 Å². The highest BCUT2D eigenvalue weighted by molar-refractivity contribution is 7.88. The van der Waals surface area contributed by atoms with Crippen LogP contribution in [0.4, 0.5) is 9.93 Å². The zero-order chi connectivity index (χ0) is 15.6. The van der Waals surface area contributed by atoms with Crippen molar-refractivity contribution in [2.24, 2.45) is 0 Å². The third kappa shape index (κ3) is 4.11. The molecule has 2 rings (SSSR count). The van der Waals surface area contributed by atoms with Crippen LogP contribution >= 0.6 is 11.3 Å². The number of carbonyl (C=O) groups is 1. The largest absolute Gasteiger partial charge is 0.324 e. The van der Waals surface area contributed by atoms with Gasteiger partial charge in [0.1, 0.15) is 5.01 Å². The molecule has 2 amide bonds. The van der Waals surface area contributed by atoms with Crippen LogP contribution in [0.25, 0.3) is 0 Å². The summed E-state index contributed by atoms with van der Waals surface area (Å²) in [5.41, 5.74) is 0. The Bertz CT molecular complexity index is 607. The molecule has 118 valence electrons. The monoisotopic (exact) mass is 333 g/mol. The Kier molecular flexibility index (Phi) is 4.79. The Hall–Kier alpha value is -1.26. The van der Waals surface area contributed by atoms with Crippen molar-refractivity contribution < 1.29 is 13.2 Å². The van der Waals surface area contributed by atoms with E-state index in [2.05, 4.69) is 15.5 Å². The van der Waals surface area contributed by atoms with Gasteiger partial charge in [0.2, 0.25) is 15.2 Å². The summed E-state index contributed by atoms with van der Waals surface area (Å²) >= 11 is 1.32. The SMILES string of the molecule is Cc1nnc(NC(=O)N2CCC(N(C)S(C)(=O)=O)CC2)s1. The first-order valence-corrected chi connectivity index (χ1v) is 9.23. The molecule has 0 radical (unpaired) electrons. The first-order chi connectivity index (χ1) is 9.77. The summed E-state index contributed by atoms with van der Waals surface area (Å²) in [5.74, 6) is 0. The van der Waals surface area contributed by atoms with E-state index < -0.39 is 10.0 Å². The van der Waals surface area contributed by atoms with Crippen molar-refractivity contribution in [1.82, 2.24) is 19.4 Å². The lowest BCUT2D eigenvalue weighted by Crippen LogP contribution is -2.48. The Balaban J connectivity index is 1.87. The highest BCUT2D eigenvalue weighted by atomic mass is 32.2. The number of likely N-dealkylation sites (tertiary alicyclic amines) is 1. The van der Waals surface area contributed by atoms with E-state index in [0.29, 0.717) is 31.1 Å². The van der Waals surface area contributed by atoms with Crippen LogP contribution in [0.2, 0.25) is 0 Å². The first kappa shape index (κ1) is 16.1. The number of sulfonamides is 1. The number of hydrogen-bond acceptors (Lipinski definition) is 6. The van der Waals surface area contributed by atoms with E-state index in [9.17, 15) is 13.2 Å². The number of amides is 2. The summed E-state index contributed by atoms with van der Waals surface area (Å²) in [4.78, 5) is 13.7. The van der Waals surface area contributed by atoms with Gasteiger partial charge < -0.3 is 4.90 Å². The minimum absolute atomic E-state index is 0.0483. The van der Waals surface area contributed by atoms with Gasteiger partial charge in [-0.2, -0.15) is 0 Å². The van der Waals surface area contributed by atoms with Crippen molar-refractivity contribution in [3.05, 3.63) is 5.01 Å². The van der Waals surface area contributed by atoms with Gasteiger partial charge in [0.15, 0.2) is 0 Å². The Morgan fingerprint density at radius 3 is 2.48 bits per heavy atom. The van der Waals surface area contributed by atoms with E-state index in [4.69, 9.17) is 0 Å². The fraction of sp³-hybridized carbons (Fsp3) is 0.727. The molecule has 1 aromatic rings. The van der Waals surface area contributed by atoms with Crippen molar-refractivity contribution in [2.75, 3.05) is 31.7 Å². The average molecular weight is 333 g/mol. The number of hydrogen-bond donors (Lipinski definition) is 1. The van der Waals surface area contributed by atoms with Crippen LogP contribution in [0.15, 0.2) is 0 Å². The van der Waals surface area contributed by atoms with Crippen molar-refractivity contribution in [1.29, 1.82) is 0 Å². The number of aryl methyl sites for hydroxylation is 1. The van der Waals surface area contributed by atoms with Crippen molar-refractivity contribution in [3.63, 3.8) is 0 Å². The van der Waals surface area contributed by atoms with Crippen LogP contribution in [0, 0.1) is 6.92 Å². The molecule has 1 saturated heterocycles. The second kappa shape index (κ2) is 6.24.